The Balaban J connectivity index is 1.38. The summed E-state index contributed by atoms with van der Waals surface area (Å²) in [4.78, 5) is 18.6. The number of methoxy groups -OCH3 is 1. The number of nitrogens with zero attached hydrogens (tertiary/aromatic N) is 2. The van der Waals surface area contributed by atoms with E-state index >= 15 is 0 Å². The van der Waals surface area contributed by atoms with Crippen molar-refractivity contribution in [1.82, 2.24) is 9.88 Å². The van der Waals surface area contributed by atoms with E-state index in [4.69, 9.17) is 19.2 Å². The smallest absolute Gasteiger partial charge is 0.293 e. The molecule has 1 aromatic carbocycles. The van der Waals surface area contributed by atoms with Crippen molar-refractivity contribution in [1.29, 1.82) is 0 Å². The Labute approximate surface area is 202 Å². The molecule has 1 saturated carbocycles. The number of aryl methyl sites for hydroxylation is 1. The Morgan fingerprint density at radius 1 is 1.06 bits per heavy atom. The molecule has 2 aliphatic carbocycles. The summed E-state index contributed by atoms with van der Waals surface area (Å²) in [6.07, 6.45) is 10.8. The van der Waals surface area contributed by atoms with Crippen LogP contribution < -0.4 is 14.8 Å². The van der Waals surface area contributed by atoms with Crippen molar-refractivity contribution in [2.75, 3.05) is 38.7 Å². The molecule has 1 aromatic heterocycles. The summed E-state index contributed by atoms with van der Waals surface area (Å²) in [6.45, 7) is 4.76. The number of ether oxygens (including phenoxy) is 3. The first-order chi connectivity index (χ1) is 16.8. The Hall–Kier alpha value is -2.54. The van der Waals surface area contributed by atoms with Gasteiger partial charge in [-0.05, 0) is 88.1 Å². The van der Waals surface area contributed by atoms with E-state index in [2.05, 4.69) is 16.3 Å². The summed E-state index contributed by atoms with van der Waals surface area (Å²) in [5.74, 6) is 2.47. The van der Waals surface area contributed by atoms with Crippen molar-refractivity contribution < 1.29 is 19.0 Å². The van der Waals surface area contributed by atoms with Crippen LogP contribution in [-0.4, -0.2) is 61.9 Å². The molecule has 184 valence electrons. The van der Waals surface area contributed by atoms with Crippen molar-refractivity contribution in [3.05, 3.63) is 23.3 Å². The van der Waals surface area contributed by atoms with E-state index in [1.54, 1.807) is 7.11 Å². The number of carbonyl (C=O) groups is 1. The molecule has 1 aliphatic heterocycles. The first kappa shape index (κ1) is 23.2. The molecule has 5 rings (SSSR count). The second-order valence-electron chi connectivity index (χ2n) is 9.85. The van der Waals surface area contributed by atoms with Gasteiger partial charge < -0.3 is 24.4 Å². The minimum absolute atomic E-state index is 0.0915. The van der Waals surface area contributed by atoms with Crippen LogP contribution in [0.25, 0.3) is 10.9 Å². The van der Waals surface area contributed by atoms with E-state index in [9.17, 15) is 4.79 Å². The summed E-state index contributed by atoms with van der Waals surface area (Å²) >= 11 is 0. The van der Waals surface area contributed by atoms with Crippen molar-refractivity contribution in [3.8, 4) is 11.5 Å². The molecule has 0 radical (unpaired) electrons. The Bertz CT molecular complexity index is 1010. The minimum Gasteiger partial charge on any atom is -0.493 e. The van der Waals surface area contributed by atoms with Crippen LogP contribution in [0, 0.1) is 0 Å². The number of nitrogens with one attached hydrogen (secondary N) is 1. The Morgan fingerprint density at radius 2 is 1.88 bits per heavy atom. The van der Waals surface area contributed by atoms with Gasteiger partial charge in [-0.15, -0.1) is 0 Å². The predicted octanol–water partition coefficient (Wildman–Crippen LogP) is 4.49. The van der Waals surface area contributed by atoms with Crippen molar-refractivity contribution in [2.45, 2.75) is 76.4 Å². The SMILES string of the molecule is COc1cc2c3c(c(N[C@H]4CCCC[C@@H]4OC=O)nc2cc1OCCCN1CCCC1)CCC3. The monoisotopic (exact) mass is 467 g/mol. The third-order valence-electron chi connectivity index (χ3n) is 7.67. The molecule has 0 bridgehead atoms. The number of rotatable bonds is 10. The van der Waals surface area contributed by atoms with Crippen LogP contribution in [0.5, 0.6) is 11.5 Å². The van der Waals surface area contributed by atoms with Crippen LogP contribution in [0.4, 0.5) is 5.82 Å². The fourth-order valence-electron chi connectivity index (χ4n) is 5.91. The average molecular weight is 468 g/mol. The van der Waals surface area contributed by atoms with Gasteiger partial charge >= 0.3 is 0 Å². The van der Waals surface area contributed by atoms with Gasteiger partial charge in [-0.25, -0.2) is 4.98 Å². The van der Waals surface area contributed by atoms with E-state index in [1.807, 2.05) is 6.07 Å². The normalized spacial score (nSPS) is 22.5. The van der Waals surface area contributed by atoms with Gasteiger partial charge in [0.15, 0.2) is 11.5 Å². The molecule has 0 spiro atoms. The predicted molar refractivity (Wildman–Crippen MR) is 133 cm³/mol. The molecule has 1 saturated heterocycles. The van der Waals surface area contributed by atoms with Gasteiger partial charge in [-0.1, -0.05) is 6.42 Å². The molecule has 2 fully saturated rings. The number of hydrogen-bond acceptors (Lipinski definition) is 7. The van der Waals surface area contributed by atoms with Crippen LogP contribution in [-0.2, 0) is 22.4 Å². The Kier molecular flexibility index (Phi) is 7.38. The summed E-state index contributed by atoms with van der Waals surface area (Å²) < 4.78 is 17.3. The maximum atomic E-state index is 11.0. The number of likely N-dealkylation sites (tertiary alicyclic amines) is 1. The molecule has 7 nitrogen and oxygen atoms in total. The van der Waals surface area contributed by atoms with Gasteiger partial charge in [-0.2, -0.15) is 0 Å². The quantitative estimate of drug-likeness (QED) is 0.408. The van der Waals surface area contributed by atoms with Crippen molar-refractivity contribution >= 4 is 23.2 Å². The average Bonchev–Trinajstić information content (AvgIpc) is 3.55. The first-order valence-corrected chi connectivity index (χ1v) is 13.0. The maximum absolute atomic E-state index is 11.0. The summed E-state index contributed by atoms with van der Waals surface area (Å²) in [6, 6.07) is 4.24. The highest BCUT2D eigenvalue weighted by Gasteiger charge is 2.29. The van der Waals surface area contributed by atoms with Crippen molar-refractivity contribution in [3.63, 3.8) is 0 Å². The van der Waals surface area contributed by atoms with Gasteiger partial charge in [-0.3, -0.25) is 4.79 Å². The van der Waals surface area contributed by atoms with Crippen LogP contribution in [0.2, 0.25) is 0 Å². The highest BCUT2D eigenvalue weighted by Crippen LogP contribution is 2.40. The van der Waals surface area contributed by atoms with Crippen LogP contribution in [0.15, 0.2) is 12.1 Å². The van der Waals surface area contributed by atoms with E-state index in [1.165, 1.54) is 37.1 Å². The Morgan fingerprint density at radius 3 is 2.71 bits per heavy atom. The molecule has 2 heterocycles. The molecule has 7 heteroatoms. The van der Waals surface area contributed by atoms with Crippen LogP contribution in [0.3, 0.4) is 0 Å². The summed E-state index contributed by atoms with van der Waals surface area (Å²) in [5, 5.41) is 4.82. The fraction of sp³-hybridized carbons (Fsp3) is 0.630. The lowest BCUT2D eigenvalue weighted by Crippen LogP contribution is -2.38. The first-order valence-electron chi connectivity index (χ1n) is 13.0. The minimum atomic E-state index is -0.0915. The number of aromatic nitrogens is 1. The number of pyridine rings is 1. The van der Waals surface area contributed by atoms with Gasteiger partial charge in [0.1, 0.15) is 11.9 Å². The molecule has 0 unspecified atom stereocenters. The topological polar surface area (TPSA) is 72.9 Å². The number of fused-ring (bicyclic) bond motifs is 3. The van der Waals surface area contributed by atoms with Gasteiger partial charge in [0.2, 0.25) is 0 Å². The van der Waals surface area contributed by atoms with Crippen molar-refractivity contribution in [2.24, 2.45) is 0 Å². The lowest BCUT2D eigenvalue weighted by molar-refractivity contribution is -0.135. The van der Waals surface area contributed by atoms with Gasteiger partial charge in [0, 0.05) is 18.0 Å². The standard InChI is InChI=1S/C27H37N3O4/c1-32-25-16-21-19-8-6-9-20(19)27(28-22-10-2-3-11-24(22)34-18-31)29-23(21)17-26(25)33-15-7-14-30-12-4-5-13-30/h16-18,22,24H,2-15H2,1H3,(H,28,29)/t22-,24-/m0/s1. The number of hydrogen-bond donors (Lipinski definition) is 1. The third kappa shape index (κ3) is 4.95. The highest BCUT2D eigenvalue weighted by atomic mass is 16.5. The summed E-state index contributed by atoms with van der Waals surface area (Å²) in [5.41, 5.74) is 3.58. The lowest BCUT2D eigenvalue weighted by Gasteiger charge is -2.31. The maximum Gasteiger partial charge on any atom is 0.293 e. The van der Waals surface area contributed by atoms with E-state index in [0.29, 0.717) is 13.1 Å². The molecule has 0 amide bonds. The van der Waals surface area contributed by atoms with E-state index in [-0.39, 0.29) is 12.1 Å². The number of anilines is 1. The second-order valence-corrected chi connectivity index (χ2v) is 9.85. The molecule has 2 atom stereocenters. The second kappa shape index (κ2) is 10.8. The lowest BCUT2D eigenvalue weighted by atomic mass is 9.92. The zero-order valence-electron chi connectivity index (χ0n) is 20.3. The van der Waals surface area contributed by atoms with Crippen LogP contribution in [0.1, 0.15) is 62.5 Å². The molecule has 34 heavy (non-hydrogen) atoms. The molecule has 3 aliphatic rings. The van der Waals surface area contributed by atoms with Crippen LogP contribution >= 0.6 is 0 Å². The number of carbonyl (C=O) groups excluding carboxylic acids is 1. The summed E-state index contributed by atoms with van der Waals surface area (Å²) in [7, 11) is 1.71. The van der Waals surface area contributed by atoms with Gasteiger partial charge in [0.25, 0.3) is 6.47 Å². The van der Waals surface area contributed by atoms with E-state index < -0.39 is 0 Å². The molecular formula is C27H37N3O4. The van der Waals surface area contributed by atoms with Gasteiger partial charge in [0.05, 0.1) is 25.3 Å². The largest absolute Gasteiger partial charge is 0.493 e. The highest BCUT2D eigenvalue weighted by molar-refractivity contribution is 5.89. The number of benzene rings is 1. The molecule has 2 aromatic rings. The zero-order chi connectivity index (χ0) is 23.3. The molecular weight excluding hydrogens is 430 g/mol. The van der Waals surface area contributed by atoms with E-state index in [0.717, 1.165) is 86.1 Å². The molecule has 1 N–H and O–H groups in total. The fourth-order valence-corrected chi connectivity index (χ4v) is 5.91. The third-order valence-corrected chi connectivity index (χ3v) is 7.67. The zero-order valence-corrected chi connectivity index (χ0v) is 20.3.